The van der Waals surface area contributed by atoms with E-state index in [1.807, 2.05) is 0 Å². The van der Waals surface area contributed by atoms with Crippen molar-refractivity contribution in [1.29, 1.82) is 0 Å². The molecular formula is C25H25N5O4. The summed E-state index contributed by atoms with van der Waals surface area (Å²) in [5.41, 5.74) is 0.232. The number of nitrogens with zero attached hydrogens (tertiary/aromatic N) is 4. The minimum Gasteiger partial charge on any atom is -0.349 e. The van der Waals surface area contributed by atoms with Crippen LogP contribution >= 0.6 is 0 Å². The number of benzene rings is 2. The number of fused-ring (bicyclic) bond motifs is 3. The summed E-state index contributed by atoms with van der Waals surface area (Å²) >= 11 is 0. The Morgan fingerprint density at radius 3 is 2.47 bits per heavy atom. The molecule has 0 aliphatic heterocycles. The Hall–Kier alpha value is -4.01. The normalized spacial score (nSPS) is 14.5. The average Bonchev–Trinajstić information content (AvgIpc) is 3.19. The first-order chi connectivity index (χ1) is 16.4. The third-order valence-corrected chi connectivity index (χ3v) is 6.49. The summed E-state index contributed by atoms with van der Waals surface area (Å²) < 4.78 is 3.61. The maximum atomic E-state index is 13.3. The van der Waals surface area contributed by atoms with Gasteiger partial charge in [0, 0.05) is 24.2 Å². The molecule has 9 heteroatoms. The number of carbonyl (C=O) groups excluding carboxylic acids is 2. The number of aromatic nitrogens is 4. The van der Waals surface area contributed by atoms with Crippen LogP contribution in [0.1, 0.15) is 52.8 Å². The first-order valence-corrected chi connectivity index (χ1v) is 11.5. The topological polar surface area (TPSA) is 107 Å². The van der Waals surface area contributed by atoms with Crippen LogP contribution in [-0.4, -0.2) is 36.5 Å². The van der Waals surface area contributed by atoms with Crippen molar-refractivity contribution < 1.29 is 9.59 Å². The molecule has 1 fully saturated rings. The predicted molar refractivity (Wildman–Crippen MR) is 127 cm³/mol. The lowest BCUT2D eigenvalue weighted by molar-refractivity contribution is 0.0926. The Morgan fingerprint density at radius 1 is 1.00 bits per heavy atom. The molecule has 0 bridgehead atoms. The molecule has 1 aliphatic rings. The Balaban J connectivity index is 1.58. The molecule has 4 aromatic rings. The van der Waals surface area contributed by atoms with Crippen LogP contribution in [-0.2, 0) is 13.6 Å². The van der Waals surface area contributed by atoms with Crippen LogP contribution in [0.3, 0.4) is 0 Å². The predicted octanol–water partition coefficient (Wildman–Crippen LogP) is 2.29. The molecule has 0 saturated heterocycles. The second kappa shape index (κ2) is 8.74. The number of rotatable bonds is 5. The molecule has 0 unspecified atom stereocenters. The van der Waals surface area contributed by atoms with E-state index in [-0.39, 0.29) is 41.1 Å². The summed E-state index contributed by atoms with van der Waals surface area (Å²) in [6, 6.07) is 13.5. The van der Waals surface area contributed by atoms with Gasteiger partial charge in [0.25, 0.3) is 11.5 Å². The van der Waals surface area contributed by atoms with Crippen molar-refractivity contribution in [3.8, 4) is 0 Å². The summed E-state index contributed by atoms with van der Waals surface area (Å²) in [6.07, 6.45) is 5.27. The highest BCUT2D eigenvalue weighted by molar-refractivity contribution is 5.98. The summed E-state index contributed by atoms with van der Waals surface area (Å²) in [5, 5.41) is 7.62. The zero-order valence-electron chi connectivity index (χ0n) is 18.9. The zero-order chi connectivity index (χ0) is 23.8. The van der Waals surface area contributed by atoms with Gasteiger partial charge in [0.2, 0.25) is 5.78 Å². The molecular weight excluding hydrogens is 434 g/mol. The van der Waals surface area contributed by atoms with Gasteiger partial charge in [-0.15, -0.1) is 5.10 Å². The maximum absolute atomic E-state index is 13.3. The monoisotopic (exact) mass is 459 g/mol. The number of nitrogens with one attached hydrogen (secondary N) is 1. The van der Waals surface area contributed by atoms with Crippen LogP contribution in [0.5, 0.6) is 0 Å². The SMILES string of the molecule is Cn1c(=O)c2ccc(C(=O)NC3CCCCC3)cc2n2c(=O)n(CC(=O)c3ccccc3)nc12. The smallest absolute Gasteiger partial charge is 0.349 e. The number of aryl methyl sites for hydroxylation is 1. The van der Waals surface area contributed by atoms with Crippen LogP contribution in [0.2, 0.25) is 0 Å². The summed E-state index contributed by atoms with van der Waals surface area (Å²) in [6.45, 7) is -0.262. The fourth-order valence-electron chi connectivity index (χ4n) is 4.60. The Morgan fingerprint density at radius 2 is 1.74 bits per heavy atom. The highest BCUT2D eigenvalue weighted by Gasteiger charge is 2.21. The summed E-state index contributed by atoms with van der Waals surface area (Å²) in [7, 11) is 1.52. The van der Waals surface area contributed by atoms with Crippen molar-refractivity contribution in [2.45, 2.75) is 44.7 Å². The quantitative estimate of drug-likeness (QED) is 0.461. The van der Waals surface area contributed by atoms with Gasteiger partial charge < -0.3 is 5.32 Å². The molecule has 2 aromatic carbocycles. The van der Waals surface area contributed by atoms with Crippen molar-refractivity contribution in [2.24, 2.45) is 7.05 Å². The molecule has 0 spiro atoms. The second-order valence-electron chi connectivity index (χ2n) is 8.77. The lowest BCUT2D eigenvalue weighted by atomic mass is 9.95. The lowest BCUT2D eigenvalue weighted by Crippen LogP contribution is -2.36. The van der Waals surface area contributed by atoms with Gasteiger partial charge in [0.05, 0.1) is 10.9 Å². The molecule has 0 atom stereocenters. The number of ketones is 1. The summed E-state index contributed by atoms with van der Waals surface area (Å²) in [4.78, 5) is 51.8. The lowest BCUT2D eigenvalue weighted by Gasteiger charge is -2.22. The van der Waals surface area contributed by atoms with Gasteiger partial charge in [-0.3, -0.25) is 19.0 Å². The third-order valence-electron chi connectivity index (χ3n) is 6.49. The average molecular weight is 460 g/mol. The van der Waals surface area contributed by atoms with Crippen molar-refractivity contribution in [3.63, 3.8) is 0 Å². The highest BCUT2D eigenvalue weighted by Crippen LogP contribution is 2.19. The molecule has 1 amide bonds. The number of amides is 1. The highest BCUT2D eigenvalue weighted by atomic mass is 16.2. The van der Waals surface area contributed by atoms with Gasteiger partial charge >= 0.3 is 5.69 Å². The van der Waals surface area contributed by atoms with Crippen molar-refractivity contribution in [3.05, 3.63) is 80.5 Å². The van der Waals surface area contributed by atoms with Gasteiger partial charge in [-0.2, -0.15) is 0 Å². The van der Waals surface area contributed by atoms with Crippen molar-refractivity contribution >= 4 is 28.4 Å². The molecule has 1 aliphatic carbocycles. The minimum absolute atomic E-state index is 0.105. The Bertz CT molecular complexity index is 1520. The van der Waals surface area contributed by atoms with Crippen LogP contribution in [0.25, 0.3) is 16.7 Å². The number of hydrogen-bond acceptors (Lipinski definition) is 5. The largest absolute Gasteiger partial charge is 0.352 e. The Kier molecular flexibility index (Phi) is 5.61. The first-order valence-electron chi connectivity index (χ1n) is 11.5. The maximum Gasteiger partial charge on any atom is 0.352 e. The van der Waals surface area contributed by atoms with E-state index in [9.17, 15) is 19.2 Å². The zero-order valence-corrected chi connectivity index (χ0v) is 18.9. The van der Waals surface area contributed by atoms with E-state index in [4.69, 9.17) is 0 Å². The van der Waals surface area contributed by atoms with E-state index >= 15 is 0 Å². The Labute approximate surface area is 194 Å². The van der Waals surface area contributed by atoms with E-state index in [2.05, 4.69) is 10.4 Å². The molecule has 2 heterocycles. The molecule has 5 rings (SSSR count). The van der Waals surface area contributed by atoms with Gasteiger partial charge in [-0.25, -0.2) is 13.9 Å². The molecule has 0 radical (unpaired) electrons. The fraction of sp³-hybridized carbons (Fsp3) is 0.320. The fourth-order valence-corrected chi connectivity index (χ4v) is 4.60. The van der Waals surface area contributed by atoms with E-state index in [0.29, 0.717) is 16.5 Å². The number of carbonyl (C=O) groups is 2. The van der Waals surface area contributed by atoms with Gasteiger partial charge in [0.1, 0.15) is 6.54 Å². The van der Waals surface area contributed by atoms with E-state index in [1.54, 1.807) is 48.5 Å². The molecule has 34 heavy (non-hydrogen) atoms. The van der Waals surface area contributed by atoms with Gasteiger partial charge in [-0.05, 0) is 31.0 Å². The van der Waals surface area contributed by atoms with Crippen LogP contribution in [0, 0.1) is 0 Å². The van der Waals surface area contributed by atoms with Crippen LogP contribution in [0.4, 0.5) is 0 Å². The first kappa shape index (κ1) is 21.8. The van der Waals surface area contributed by atoms with E-state index in [1.165, 1.54) is 22.4 Å². The molecule has 9 nitrogen and oxygen atoms in total. The van der Waals surface area contributed by atoms with Crippen molar-refractivity contribution in [2.75, 3.05) is 0 Å². The van der Waals surface area contributed by atoms with Gasteiger partial charge in [0.15, 0.2) is 5.78 Å². The van der Waals surface area contributed by atoms with Crippen LogP contribution < -0.4 is 16.6 Å². The van der Waals surface area contributed by atoms with E-state index in [0.717, 1.165) is 30.4 Å². The standard InChI is InChI=1S/C25H25N5O4/c1-28-23(33)19-13-12-17(22(32)26-18-10-6-3-7-11-18)14-20(19)30-24(28)27-29(25(30)34)15-21(31)16-8-4-2-5-9-16/h2,4-5,8-9,12-14,18H,3,6-7,10-11,15H2,1H3,(H,26,32). The van der Waals surface area contributed by atoms with E-state index < -0.39 is 5.69 Å². The van der Waals surface area contributed by atoms with Crippen molar-refractivity contribution in [1.82, 2.24) is 24.1 Å². The molecule has 2 aromatic heterocycles. The minimum atomic E-state index is -0.551. The second-order valence-corrected chi connectivity index (χ2v) is 8.77. The van der Waals surface area contributed by atoms with Crippen LogP contribution in [0.15, 0.2) is 58.1 Å². The molecule has 1 saturated carbocycles. The number of Topliss-reactive ketones (excluding diaryl/α,β-unsaturated/α-hetero) is 1. The summed E-state index contributed by atoms with van der Waals surface area (Å²) in [5.74, 6) is -0.400. The molecule has 174 valence electrons. The molecule has 1 N–H and O–H groups in total. The third kappa shape index (κ3) is 3.83. The number of hydrogen-bond donors (Lipinski definition) is 1. The van der Waals surface area contributed by atoms with Gasteiger partial charge in [-0.1, -0.05) is 49.6 Å².